The van der Waals surface area contributed by atoms with Crippen molar-refractivity contribution in [2.24, 2.45) is 5.73 Å². The van der Waals surface area contributed by atoms with E-state index in [0.717, 1.165) is 6.07 Å². The summed E-state index contributed by atoms with van der Waals surface area (Å²) < 4.78 is 29.4. The fraction of sp³-hybridized carbons (Fsp3) is 0.100. The molecule has 0 fully saturated rings. The first-order chi connectivity index (χ1) is 6.94. The summed E-state index contributed by atoms with van der Waals surface area (Å²) in [5.74, 6) is 0.221. The predicted molar refractivity (Wildman–Crippen MR) is 49.4 cm³/mol. The molecule has 0 spiro atoms. The topological polar surface area (TPSA) is 52.3 Å². The van der Waals surface area contributed by atoms with Crippen molar-refractivity contribution in [3.05, 3.63) is 29.8 Å². The van der Waals surface area contributed by atoms with Crippen LogP contribution in [0.4, 0.5) is 8.78 Å². The molecule has 1 aromatic carbocycles. The van der Waals surface area contributed by atoms with E-state index in [9.17, 15) is 13.6 Å². The van der Waals surface area contributed by atoms with Gasteiger partial charge in [0.05, 0.1) is 0 Å². The first kappa shape index (κ1) is 11.0. The molecule has 78 valence electrons. The Morgan fingerprint density at radius 3 is 2.73 bits per heavy atom. The van der Waals surface area contributed by atoms with Crippen LogP contribution in [0.25, 0.3) is 0 Å². The Bertz CT molecular complexity index is 424. The van der Waals surface area contributed by atoms with E-state index in [0.29, 0.717) is 0 Å². The lowest BCUT2D eigenvalue weighted by atomic mass is 10.2. The largest absolute Gasteiger partial charge is 0.468 e. The SMILES string of the molecule is C#CC(F)(F)Oc1cccc(C(N)=O)c1. The fourth-order valence-electron chi connectivity index (χ4n) is 0.890. The molecule has 0 bridgehead atoms. The zero-order valence-electron chi connectivity index (χ0n) is 7.54. The van der Waals surface area contributed by atoms with Gasteiger partial charge < -0.3 is 10.5 Å². The van der Waals surface area contributed by atoms with Crippen molar-refractivity contribution in [3.63, 3.8) is 0 Å². The summed E-state index contributed by atoms with van der Waals surface area (Å²) in [5, 5.41) is 0. The molecule has 0 aliphatic rings. The fourth-order valence-corrected chi connectivity index (χ4v) is 0.890. The van der Waals surface area contributed by atoms with Crippen molar-refractivity contribution in [1.82, 2.24) is 0 Å². The molecule has 0 radical (unpaired) electrons. The van der Waals surface area contributed by atoms with Crippen LogP contribution < -0.4 is 10.5 Å². The Morgan fingerprint density at radius 1 is 1.53 bits per heavy atom. The van der Waals surface area contributed by atoms with Crippen LogP contribution in [-0.2, 0) is 0 Å². The van der Waals surface area contributed by atoms with Crippen LogP contribution in [0.15, 0.2) is 24.3 Å². The normalized spacial score (nSPS) is 10.5. The van der Waals surface area contributed by atoms with Crippen LogP contribution >= 0.6 is 0 Å². The summed E-state index contributed by atoms with van der Waals surface area (Å²) in [6, 6.07) is 5.08. The third-order valence-electron chi connectivity index (χ3n) is 1.53. The number of hydrogen-bond donors (Lipinski definition) is 1. The Labute approximate surface area is 84.8 Å². The van der Waals surface area contributed by atoms with Gasteiger partial charge in [-0.2, -0.15) is 8.78 Å². The van der Waals surface area contributed by atoms with E-state index in [1.807, 2.05) is 0 Å². The molecule has 2 N–H and O–H groups in total. The summed E-state index contributed by atoms with van der Waals surface area (Å²) in [4.78, 5) is 10.7. The molecule has 0 atom stereocenters. The average Bonchev–Trinajstić information content (AvgIpc) is 2.17. The minimum absolute atomic E-state index is 0.0697. The van der Waals surface area contributed by atoms with Gasteiger partial charge in [0.2, 0.25) is 5.91 Å². The Balaban J connectivity index is 2.93. The second-order valence-corrected chi connectivity index (χ2v) is 2.66. The molecule has 0 saturated heterocycles. The van der Waals surface area contributed by atoms with Gasteiger partial charge in [0.1, 0.15) is 5.75 Å². The minimum atomic E-state index is -3.70. The number of carbonyl (C=O) groups excluding carboxylic acids is 1. The lowest BCUT2D eigenvalue weighted by molar-refractivity contribution is -0.122. The highest BCUT2D eigenvalue weighted by atomic mass is 19.3. The lowest BCUT2D eigenvalue weighted by Crippen LogP contribution is -2.22. The van der Waals surface area contributed by atoms with Gasteiger partial charge in [-0.25, -0.2) is 0 Å². The maximum atomic E-state index is 12.6. The summed E-state index contributed by atoms with van der Waals surface area (Å²) in [5.41, 5.74) is 5.03. The number of hydrogen-bond acceptors (Lipinski definition) is 2. The van der Waals surface area contributed by atoms with E-state index < -0.39 is 12.0 Å². The maximum Gasteiger partial charge on any atom is 0.468 e. The third-order valence-corrected chi connectivity index (χ3v) is 1.53. The maximum absolute atomic E-state index is 12.6. The third kappa shape index (κ3) is 2.95. The number of rotatable bonds is 3. The van der Waals surface area contributed by atoms with Crippen molar-refractivity contribution in [3.8, 4) is 18.1 Å². The van der Waals surface area contributed by atoms with Crippen molar-refractivity contribution >= 4 is 5.91 Å². The molecule has 0 aliphatic carbocycles. The van der Waals surface area contributed by atoms with Crippen LogP contribution in [0.1, 0.15) is 10.4 Å². The molecule has 0 unspecified atom stereocenters. The van der Waals surface area contributed by atoms with E-state index in [4.69, 9.17) is 5.73 Å². The first-order valence-electron chi connectivity index (χ1n) is 3.89. The highest BCUT2D eigenvalue weighted by Crippen LogP contribution is 2.21. The van der Waals surface area contributed by atoms with E-state index >= 15 is 0 Å². The lowest BCUT2D eigenvalue weighted by Gasteiger charge is -2.11. The molecular formula is C10H7F2NO2. The predicted octanol–water partition coefficient (Wildman–Crippen LogP) is 1.39. The van der Waals surface area contributed by atoms with E-state index in [-0.39, 0.29) is 11.3 Å². The van der Waals surface area contributed by atoms with Crippen molar-refractivity contribution in [1.29, 1.82) is 0 Å². The molecule has 5 heteroatoms. The van der Waals surface area contributed by atoms with Crippen LogP contribution in [-0.4, -0.2) is 12.0 Å². The number of nitrogens with two attached hydrogens (primary N) is 1. The molecule has 0 heterocycles. The molecule has 0 aromatic heterocycles. The van der Waals surface area contributed by atoms with E-state index in [1.54, 1.807) is 0 Å². The number of primary amides is 1. The van der Waals surface area contributed by atoms with Crippen LogP contribution in [0, 0.1) is 12.3 Å². The van der Waals surface area contributed by atoms with Gasteiger partial charge in [-0.05, 0) is 18.2 Å². The van der Waals surface area contributed by atoms with Crippen LogP contribution in [0.3, 0.4) is 0 Å². The molecule has 1 aromatic rings. The zero-order chi connectivity index (χ0) is 11.5. The Kier molecular flexibility index (Phi) is 2.90. The van der Waals surface area contributed by atoms with Gasteiger partial charge in [-0.3, -0.25) is 4.79 Å². The molecule has 15 heavy (non-hydrogen) atoms. The number of amides is 1. The van der Waals surface area contributed by atoms with E-state index in [1.165, 1.54) is 24.1 Å². The van der Waals surface area contributed by atoms with Crippen molar-refractivity contribution < 1.29 is 18.3 Å². The van der Waals surface area contributed by atoms with Crippen LogP contribution in [0.2, 0.25) is 0 Å². The number of carbonyl (C=O) groups is 1. The standard InChI is InChI=1S/C10H7F2NO2/c1-2-10(11,12)15-8-5-3-4-7(6-8)9(13)14/h1,3-6H,(H2,13,14). The number of halogens is 2. The molecular weight excluding hydrogens is 204 g/mol. The Hall–Kier alpha value is -2.09. The highest BCUT2D eigenvalue weighted by Gasteiger charge is 2.28. The number of alkyl halides is 2. The molecule has 1 rings (SSSR count). The van der Waals surface area contributed by atoms with Gasteiger partial charge >= 0.3 is 6.11 Å². The van der Waals surface area contributed by atoms with Crippen molar-refractivity contribution in [2.75, 3.05) is 0 Å². The summed E-state index contributed by atoms with van der Waals surface area (Å²) >= 11 is 0. The molecule has 0 saturated carbocycles. The Morgan fingerprint density at radius 2 is 2.20 bits per heavy atom. The smallest absolute Gasteiger partial charge is 0.423 e. The summed E-state index contributed by atoms with van der Waals surface area (Å²) in [6.07, 6.45) is 0.837. The quantitative estimate of drug-likeness (QED) is 0.768. The van der Waals surface area contributed by atoms with Crippen LogP contribution in [0.5, 0.6) is 5.75 Å². The summed E-state index contributed by atoms with van der Waals surface area (Å²) in [6.45, 7) is 0. The molecule has 3 nitrogen and oxygen atoms in total. The minimum Gasteiger partial charge on any atom is -0.423 e. The van der Waals surface area contributed by atoms with Gasteiger partial charge in [0.25, 0.3) is 0 Å². The second kappa shape index (κ2) is 3.96. The number of terminal acetylenes is 1. The van der Waals surface area contributed by atoms with Gasteiger partial charge in [0, 0.05) is 11.5 Å². The second-order valence-electron chi connectivity index (χ2n) is 2.66. The number of ether oxygens (including phenoxy) is 1. The van der Waals surface area contributed by atoms with E-state index in [2.05, 4.69) is 11.2 Å². The molecule has 0 aliphatic heterocycles. The highest BCUT2D eigenvalue weighted by molar-refractivity contribution is 5.93. The van der Waals surface area contributed by atoms with Crippen molar-refractivity contribution in [2.45, 2.75) is 6.11 Å². The average molecular weight is 211 g/mol. The summed E-state index contributed by atoms with van der Waals surface area (Å²) in [7, 11) is 0. The zero-order valence-corrected chi connectivity index (χ0v) is 7.54. The molecule has 1 amide bonds. The van der Waals surface area contributed by atoms with Gasteiger partial charge in [-0.15, -0.1) is 6.42 Å². The monoisotopic (exact) mass is 211 g/mol. The van der Waals surface area contributed by atoms with Gasteiger partial charge in [-0.1, -0.05) is 6.07 Å². The first-order valence-corrected chi connectivity index (χ1v) is 3.89. The van der Waals surface area contributed by atoms with Gasteiger partial charge in [0.15, 0.2) is 0 Å². The number of benzene rings is 1.